The lowest BCUT2D eigenvalue weighted by atomic mass is 9.97. The number of likely N-dealkylation sites (tertiary alicyclic amines) is 1. The van der Waals surface area contributed by atoms with Crippen LogP contribution in [0.3, 0.4) is 0 Å². The Morgan fingerprint density at radius 1 is 1.09 bits per heavy atom. The number of benzene rings is 2. The summed E-state index contributed by atoms with van der Waals surface area (Å²) in [5.74, 6) is 0.101. The Bertz CT molecular complexity index is 1160. The third-order valence-corrected chi connectivity index (χ3v) is 7.85. The highest BCUT2D eigenvalue weighted by Crippen LogP contribution is 2.46. The molecule has 1 aromatic heterocycles. The van der Waals surface area contributed by atoms with Crippen LogP contribution in [0.1, 0.15) is 46.8 Å². The first-order chi connectivity index (χ1) is 16.1. The molecule has 5 heteroatoms. The molecule has 0 saturated carbocycles. The standard InChI is InChI=1S/C28H31N3OS/c1-3-30-17-14-22(15-18-30)29-27-25(26(32)21-10-7-9-20(2)19-21)24-13-8-16-31(28(24)33-27)23-11-5-4-6-12-23/h4-13,19,22,29H,3,14-18H2,1-2H3. The average Bonchev–Trinajstić information content (AvgIpc) is 3.22. The van der Waals surface area contributed by atoms with E-state index >= 15 is 0 Å². The fourth-order valence-corrected chi connectivity index (χ4v) is 6.11. The molecule has 5 rings (SSSR count). The van der Waals surface area contributed by atoms with E-state index in [0.717, 1.165) is 77.0 Å². The molecule has 2 aliphatic heterocycles. The minimum atomic E-state index is 0.101. The van der Waals surface area contributed by atoms with Crippen molar-refractivity contribution in [3.8, 4) is 0 Å². The predicted molar refractivity (Wildman–Crippen MR) is 140 cm³/mol. The van der Waals surface area contributed by atoms with Crippen LogP contribution in [0.25, 0.3) is 6.08 Å². The number of nitrogens with zero attached hydrogens (tertiary/aromatic N) is 2. The second-order valence-electron chi connectivity index (χ2n) is 8.93. The zero-order valence-electron chi connectivity index (χ0n) is 19.4. The first kappa shape index (κ1) is 21.9. The third-order valence-electron chi connectivity index (χ3n) is 6.69. The van der Waals surface area contributed by atoms with Gasteiger partial charge in [-0.1, -0.05) is 72.4 Å². The minimum absolute atomic E-state index is 0.101. The first-order valence-corrected chi connectivity index (χ1v) is 12.7. The smallest absolute Gasteiger partial charge is 0.196 e. The van der Waals surface area contributed by atoms with Crippen molar-refractivity contribution in [2.24, 2.45) is 0 Å². The van der Waals surface area contributed by atoms with E-state index in [1.165, 1.54) is 0 Å². The molecular weight excluding hydrogens is 426 g/mol. The summed E-state index contributed by atoms with van der Waals surface area (Å²) in [7, 11) is 0. The SMILES string of the molecule is CCN1CCC(Nc2sc3c(c2C(=O)c2cccc(C)c2)C=CCN3c2ccccc2)CC1. The number of thiophene rings is 1. The summed E-state index contributed by atoms with van der Waals surface area (Å²) in [5.41, 5.74) is 4.87. The van der Waals surface area contributed by atoms with Gasteiger partial charge in [0.15, 0.2) is 5.78 Å². The van der Waals surface area contributed by atoms with Crippen molar-refractivity contribution in [3.05, 3.63) is 82.9 Å². The molecule has 0 aliphatic carbocycles. The molecule has 4 nitrogen and oxygen atoms in total. The Morgan fingerprint density at radius 2 is 1.88 bits per heavy atom. The summed E-state index contributed by atoms with van der Waals surface area (Å²) >= 11 is 1.72. The van der Waals surface area contributed by atoms with Crippen LogP contribution >= 0.6 is 11.3 Å². The van der Waals surface area contributed by atoms with Crippen LogP contribution in [0.15, 0.2) is 60.7 Å². The summed E-state index contributed by atoms with van der Waals surface area (Å²) < 4.78 is 0. The number of fused-ring (bicyclic) bond motifs is 1. The second-order valence-corrected chi connectivity index (χ2v) is 9.92. The Kier molecular flexibility index (Phi) is 6.34. The van der Waals surface area contributed by atoms with Crippen molar-refractivity contribution in [2.45, 2.75) is 32.7 Å². The molecule has 3 heterocycles. The van der Waals surface area contributed by atoms with E-state index in [9.17, 15) is 4.79 Å². The fourth-order valence-electron chi connectivity index (χ4n) is 4.81. The molecule has 0 bridgehead atoms. The number of anilines is 3. The van der Waals surface area contributed by atoms with E-state index in [1.54, 1.807) is 11.3 Å². The quantitative estimate of drug-likeness (QED) is 0.438. The Balaban J connectivity index is 1.55. The van der Waals surface area contributed by atoms with Crippen LogP contribution in [0, 0.1) is 6.92 Å². The number of aryl methyl sites for hydroxylation is 1. The molecule has 1 fully saturated rings. The van der Waals surface area contributed by atoms with Gasteiger partial charge in [0, 0.05) is 42.5 Å². The van der Waals surface area contributed by atoms with E-state index < -0.39 is 0 Å². The summed E-state index contributed by atoms with van der Waals surface area (Å²) in [6.07, 6.45) is 6.51. The Morgan fingerprint density at radius 3 is 2.61 bits per heavy atom. The highest BCUT2D eigenvalue weighted by molar-refractivity contribution is 7.21. The van der Waals surface area contributed by atoms with E-state index in [1.807, 2.05) is 37.3 Å². The van der Waals surface area contributed by atoms with Gasteiger partial charge in [0.25, 0.3) is 0 Å². The average molecular weight is 458 g/mol. The van der Waals surface area contributed by atoms with Crippen molar-refractivity contribution in [1.29, 1.82) is 0 Å². The van der Waals surface area contributed by atoms with Crippen molar-refractivity contribution < 1.29 is 4.79 Å². The van der Waals surface area contributed by atoms with Crippen LogP contribution in [-0.2, 0) is 0 Å². The van der Waals surface area contributed by atoms with Crippen LogP contribution in [-0.4, -0.2) is 42.9 Å². The zero-order chi connectivity index (χ0) is 22.8. The zero-order valence-corrected chi connectivity index (χ0v) is 20.2. The molecule has 3 aromatic rings. The van der Waals surface area contributed by atoms with Crippen LogP contribution < -0.4 is 10.2 Å². The molecule has 2 aliphatic rings. The molecule has 2 aromatic carbocycles. The van der Waals surface area contributed by atoms with E-state index in [-0.39, 0.29) is 5.78 Å². The first-order valence-electron chi connectivity index (χ1n) is 11.9. The number of ketones is 1. The maximum Gasteiger partial charge on any atom is 0.196 e. The van der Waals surface area contributed by atoms with Gasteiger partial charge in [0.2, 0.25) is 0 Å². The van der Waals surface area contributed by atoms with Gasteiger partial charge in [-0.2, -0.15) is 0 Å². The maximum atomic E-state index is 13.8. The molecule has 1 N–H and O–H groups in total. The lowest BCUT2D eigenvalue weighted by Gasteiger charge is -2.31. The molecule has 0 atom stereocenters. The van der Waals surface area contributed by atoms with E-state index in [4.69, 9.17) is 0 Å². The number of carbonyl (C=O) groups excluding carboxylic acids is 1. The molecule has 0 radical (unpaired) electrons. The summed E-state index contributed by atoms with van der Waals surface area (Å²) in [6.45, 7) is 8.40. The number of para-hydroxylation sites is 1. The van der Waals surface area contributed by atoms with E-state index in [2.05, 4.69) is 58.5 Å². The van der Waals surface area contributed by atoms with Crippen molar-refractivity contribution in [3.63, 3.8) is 0 Å². The number of carbonyl (C=O) groups is 1. The van der Waals surface area contributed by atoms with Gasteiger partial charge in [0.05, 0.1) is 5.56 Å². The maximum absolute atomic E-state index is 13.8. The van der Waals surface area contributed by atoms with Gasteiger partial charge < -0.3 is 15.1 Å². The van der Waals surface area contributed by atoms with Gasteiger partial charge in [-0.25, -0.2) is 0 Å². The van der Waals surface area contributed by atoms with Gasteiger partial charge in [0.1, 0.15) is 10.0 Å². The van der Waals surface area contributed by atoms with Crippen LogP contribution in [0.4, 0.5) is 15.7 Å². The Hall–Kier alpha value is -2.89. The topological polar surface area (TPSA) is 35.6 Å². The highest BCUT2D eigenvalue weighted by atomic mass is 32.1. The largest absolute Gasteiger partial charge is 0.373 e. The summed E-state index contributed by atoms with van der Waals surface area (Å²) in [4.78, 5) is 18.7. The molecule has 33 heavy (non-hydrogen) atoms. The number of hydrogen-bond acceptors (Lipinski definition) is 5. The molecule has 0 spiro atoms. The van der Waals surface area contributed by atoms with Crippen LogP contribution in [0.2, 0.25) is 0 Å². The lowest BCUT2D eigenvalue weighted by Crippen LogP contribution is -2.38. The number of hydrogen-bond donors (Lipinski definition) is 1. The summed E-state index contributed by atoms with van der Waals surface area (Å²) in [6, 6.07) is 18.8. The monoisotopic (exact) mass is 457 g/mol. The normalized spacial score (nSPS) is 16.6. The Labute approximate surface area is 200 Å². The van der Waals surface area contributed by atoms with E-state index in [0.29, 0.717) is 6.04 Å². The van der Waals surface area contributed by atoms with Crippen molar-refractivity contribution in [2.75, 3.05) is 36.4 Å². The van der Waals surface area contributed by atoms with Crippen LogP contribution in [0.5, 0.6) is 0 Å². The molecule has 0 unspecified atom stereocenters. The summed E-state index contributed by atoms with van der Waals surface area (Å²) in [5, 5.41) is 5.95. The predicted octanol–water partition coefficient (Wildman–Crippen LogP) is 6.35. The second kappa shape index (κ2) is 9.54. The third kappa shape index (κ3) is 4.48. The molecular formula is C28H31N3OS. The molecule has 0 amide bonds. The van der Waals surface area contributed by atoms with Crippen molar-refractivity contribution in [1.82, 2.24) is 4.90 Å². The number of nitrogens with one attached hydrogen (secondary N) is 1. The van der Waals surface area contributed by atoms with Gasteiger partial charge >= 0.3 is 0 Å². The fraction of sp³-hybridized carbons (Fsp3) is 0.321. The minimum Gasteiger partial charge on any atom is -0.373 e. The number of rotatable bonds is 6. The molecule has 1 saturated heterocycles. The lowest BCUT2D eigenvalue weighted by molar-refractivity contribution is 0.103. The van der Waals surface area contributed by atoms with Gasteiger partial charge in [-0.3, -0.25) is 4.79 Å². The van der Waals surface area contributed by atoms with Gasteiger partial charge in [-0.15, -0.1) is 0 Å². The number of piperidine rings is 1. The van der Waals surface area contributed by atoms with Gasteiger partial charge in [-0.05, 0) is 44.5 Å². The highest BCUT2D eigenvalue weighted by Gasteiger charge is 2.30. The van der Waals surface area contributed by atoms with Crippen molar-refractivity contribution >= 4 is 38.9 Å². The molecule has 170 valence electrons.